The highest BCUT2D eigenvalue weighted by Gasteiger charge is 2.39. The number of ketones is 1. The molecule has 6 heteroatoms. The van der Waals surface area contributed by atoms with Gasteiger partial charge in [0.15, 0.2) is 5.78 Å². The molecule has 2 aliphatic rings. The van der Waals surface area contributed by atoms with E-state index in [9.17, 15) is 9.59 Å². The standard InChI is InChI=1S/C26H29NO5/c1-15(2)32-18-7-5-16(6-8-18)17-11-22-26(23(28)12-17)21(14-25(29)27-22)20-10-9-19(30-3)13-24(20)31-4/h5-10,13,15,17,21H,11-12,14H2,1-4H3,(H,27,29)/t17-,21-/m0/s1. The van der Waals surface area contributed by atoms with Crippen molar-refractivity contribution >= 4 is 11.7 Å². The first-order valence-electron chi connectivity index (χ1n) is 10.9. The molecule has 32 heavy (non-hydrogen) atoms. The van der Waals surface area contributed by atoms with Gasteiger partial charge in [-0.2, -0.15) is 0 Å². The number of amides is 1. The van der Waals surface area contributed by atoms with E-state index in [-0.39, 0.29) is 36.1 Å². The minimum atomic E-state index is -0.324. The molecule has 2 atom stereocenters. The largest absolute Gasteiger partial charge is 0.497 e. The highest BCUT2D eigenvalue weighted by atomic mass is 16.5. The van der Waals surface area contributed by atoms with Crippen molar-refractivity contribution in [2.24, 2.45) is 0 Å². The Morgan fingerprint density at radius 3 is 2.28 bits per heavy atom. The van der Waals surface area contributed by atoms with E-state index in [1.807, 2.05) is 50.2 Å². The van der Waals surface area contributed by atoms with Crippen LogP contribution in [0.15, 0.2) is 53.7 Å². The van der Waals surface area contributed by atoms with Gasteiger partial charge in [0.1, 0.15) is 17.2 Å². The fraction of sp³-hybridized carbons (Fsp3) is 0.385. The van der Waals surface area contributed by atoms with Gasteiger partial charge in [-0.05, 0) is 49.9 Å². The molecule has 0 bridgehead atoms. The molecule has 0 fully saturated rings. The Hall–Kier alpha value is -3.28. The van der Waals surface area contributed by atoms with Crippen LogP contribution in [0.25, 0.3) is 0 Å². The Labute approximate surface area is 188 Å². The SMILES string of the molecule is COc1ccc([C@@H]2CC(=O)NC3=C2C(=O)C[C@@H](c2ccc(OC(C)C)cc2)C3)c(OC)c1. The number of Topliss-reactive ketones (excluding diaryl/α,β-unsaturated/α-hetero) is 1. The molecule has 1 heterocycles. The minimum absolute atomic E-state index is 0.0196. The Morgan fingerprint density at radius 1 is 0.906 bits per heavy atom. The van der Waals surface area contributed by atoms with Crippen LogP contribution in [0.2, 0.25) is 0 Å². The molecule has 0 aromatic heterocycles. The molecule has 6 nitrogen and oxygen atoms in total. The third kappa shape index (κ3) is 4.35. The average Bonchev–Trinajstić information content (AvgIpc) is 2.77. The van der Waals surface area contributed by atoms with Crippen LogP contribution in [0.4, 0.5) is 0 Å². The molecular weight excluding hydrogens is 406 g/mol. The van der Waals surface area contributed by atoms with Gasteiger partial charge in [0.25, 0.3) is 0 Å². The average molecular weight is 436 g/mol. The second-order valence-electron chi connectivity index (χ2n) is 8.57. The van der Waals surface area contributed by atoms with E-state index in [4.69, 9.17) is 14.2 Å². The number of ether oxygens (including phenoxy) is 3. The summed E-state index contributed by atoms with van der Waals surface area (Å²) in [4.78, 5) is 25.9. The highest BCUT2D eigenvalue weighted by Crippen LogP contribution is 2.45. The van der Waals surface area contributed by atoms with Gasteiger partial charge in [-0.15, -0.1) is 0 Å². The van der Waals surface area contributed by atoms with E-state index in [0.717, 1.165) is 22.6 Å². The number of allylic oxidation sites excluding steroid dienone is 2. The maximum absolute atomic E-state index is 13.3. The van der Waals surface area contributed by atoms with Gasteiger partial charge < -0.3 is 19.5 Å². The summed E-state index contributed by atoms with van der Waals surface area (Å²) in [7, 11) is 3.18. The zero-order chi connectivity index (χ0) is 22.8. The van der Waals surface area contributed by atoms with Gasteiger partial charge in [0.2, 0.25) is 5.91 Å². The van der Waals surface area contributed by atoms with Crippen molar-refractivity contribution in [1.82, 2.24) is 5.32 Å². The Kier molecular flexibility index (Phi) is 6.21. The van der Waals surface area contributed by atoms with E-state index in [2.05, 4.69) is 5.32 Å². The fourth-order valence-corrected chi connectivity index (χ4v) is 4.66. The van der Waals surface area contributed by atoms with Crippen LogP contribution < -0.4 is 19.5 Å². The third-order valence-electron chi connectivity index (χ3n) is 6.08. The predicted molar refractivity (Wildman–Crippen MR) is 121 cm³/mol. The van der Waals surface area contributed by atoms with Crippen LogP contribution in [-0.2, 0) is 9.59 Å². The van der Waals surface area contributed by atoms with E-state index < -0.39 is 0 Å². The molecule has 0 unspecified atom stereocenters. The zero-order valence-corrected chi connectivity index (χ0v) is 18.9. The van der Waals surface area contributed by atoms with Gasteiger partial charge in [-0.25, -0.2) is 0 Å². The minimum Gasteiger partial charge on any atom is -0.497 e. The van der Waals surface area contributed by atoms with E-state index in [1.165, 1.54) is 0 Å². The normalized spacial score (nSPS) is 20.7. The molecule has 2 aromatic carbocycles. The number of hydrogen-bond acceptors (Lipinski definition) is 5. The fourth-order valence-electron chi connectivity index (χ4n) is 4.66. The molecule has 1 amide bonds. The van der Waals surface area contributed by atoms with Crippen molar-refractivity contribution in [2.45, 2.75) is 51.0 Å². The molecule has 0 saturated carbocycles. The van der Waals surface area contributed by atoms with Gasteiger partial charge >= 0.3 is 0 Å². The van der Waals surface area contributed by atoms with Crippen molar-refractivity contribution in [3.63, 3.8) is 0 Å². The number of benzene rings is 2. The predicted octanol–water partition coefficient (Wildman–Crippen LogP) is 4.50. The lowest BCUT2D eigenvalue weighted by Crippen LogP contribution is -2.38. The van der Waals surface area contributed by atoms with E-state index >= 15 is 0 Å². The molecule has 168 valence electrons. The van der Waals surface area contributed by atoms with Crippen LogP contribution in [0.5, 0.6) is 17.2 Å². The molecule has 1 aliphatic carbocycles. The van der Waals surface area contributed by atoms with Crippen LogP contribution in [0, 0.1) is 0 Å². The van der Waals surface area contributed by atoms with Crippen molar-refractivity contribution in [3.8, 4) is 17.2 Å². The van der Waals surface area contributed by atoms with Gasteiger partial charge in [-0.3, -0.25) is 9.59 Å². The Balaban J connectivity index is 1.65. The van der Waals surface area contributed by atoms with Crippen molar-refractivity contribution in [2.75, 3.05) is 14.2 Å². The highest BCUT2D eigenvalue weighted by molar-refractivity contribution is 6.02. The topological polar surface area (TPSA) is 73.9 Å². The summed E-state index contributed by atoms with van der Waals surface area (Å²) in [5.41, 5.74) is 3.33. The summed E-state index contributed by atoms with van der Waals surface area (Å²) < 4.78 is 16.6. The first-order chi connectivity index (χ1) is 15.4. The monoisotopic (exact) mass is 435 g/mol. The Bertz CT molecular complexity index is 1050. The Morgan fingerprint density at radius 2 is 1.62 bits per heavy atom. The summed E-state index contributed by atoms with van der Waals surface area (Å²) in [6, 6.07) is 13.4. The number of methoxy groups -OCH3 is 2. The summed E-state index contributed by atoms with van der Waals surface area (Å²) in [5, 5.41) is 2.98. The first kappa shape index (κ1) is 21.9. The van der Waals surface area contributed by atoms with Crippen LogP contribution >= 0.6 is 0 Å². The summed E-state index contributed by atoms with van der Waals surface area (Å²) in [6.07, 6.45) is 1.36. The molecule has 0 saturated heterocycles. The van der Waals surface area contributed by atoms with E-state index in [0.29, 0.717) is 29.9 Å². The zero-order valence-electron chi connectivity index (χ0n) is 18.9. The van der Waals surface area contributed by atoms with Gasteiger partial charge in [-0.1, -0.05) is 18.2 Å². The van der Waals surface area contributed by atoms with Crippen LogP contribution in [0.3, 0.4) is 0 Å². The van der Waals surface area contributed by atoms with Crippen molar-refractivity contribution in [1.29, 1.82) is 0 Å². The quantitative estimate of drug-likeness (QED) is 0.723. The number of hydrogen-bond donors (Lipinski definition) is 1. The molecule has 1 N–H and O–H groups in total. The second kappa shape index (κ2) is 9.07. The van der Waals surface area contributed by atoms with E-state index in [1.54, 1.807) is 20.3 Å². The lowest BCUT2D eigenvalue weighted by atomic mass is 9.73. The molecule has 0 spiro atoms. The molecule has 1 aliphatic heterocycles. The van der Waals surface area contributed by atoms with Crippen molar-refractivity contribution in [3.05, 3.63) is 64.9 Å². The molecular formula is C26H29NO5. The van der Waals surface area contributed by atoms with Crippen LogP contribution in [0.1, 0.15) is 56.1 Å². The maximum atomic E-state index is 13.3. The summed E-state index contributed by atoms with van der Waals surface area (Å²) in [5.74, 6) is 1.78. The second-order valence-corrected chi connectivity index (χ2v) is 8.57. The third-order valence-corrected chi connectivity index (χ3v) is 6.08. The number of rotatable bonds is 6. The summed E-state index contributed by atoms with van der Waals surface area (Å²) >= 11 is 0. The molecule has 0 radical (unpaired) electrons. The van der Waals surface area contributed by atoms with Crippen LogP contribution in [-0.4, -0.2) is 32.0 Å². The maximum Gasteiger partial charge on any atom is 0.225 e. The smallest absolute Gasteiger partial charge is 0.225 e. The lowest BCUT2D eigenvalue weighted by molar-refractivity contribution is -0.122. The number of nitrogens with one attached hydrogen (secondary N) is 1. The number of carbonyl (C=O) groups is 2. The molecule has 2 aromatic rings. The lowest BCUT2D eigenvalue weighted by Gasteiger charge is -2.35. The van der Waals surface area contributed by atoms with Gasteiger partial charge in [0.05, 0.1) is 20.3 Å². The first-order valence-corrected chi connectivity index (χ1v) is 10.9. The van der Waals surface area contributed by atoms with Gasteiger partial charge in [0, 0.05) is 41.7 Å². The summed E-state index contributed by atoms with van der Waals surface area (Å²) in [6.45, 7) is 3.98. The molecule has 4 rings (SSSR count). The number of carbonyl (C=O) groups excluding carboxylic acids is 2. The van der Waals surface area contributed by atoms with Crippen molar-refractivity contribution < 1.29 is 23.8 Å².